The highest BCUT2D eigenvalue weighted by atomic mass is 16.5. The normalized spacial score (nSPS) is 21.4. The van der Waals surface area contributed by atoms with E-state index in [4.69, 9.17) is 0 Å². The molecule has 0 aromatic heterocycles. The first-order valence-electron chi connectivity index (χ1n) is 4.01. The smallest absolute Gasteiger partial charge is 0.319 e. The van der Waals surface area contributed by atoms with Crippen LogP contribution in [0.5, 0.6) is 0 Å². The van der Waals surface area contributed by atoms with Gasteiger partial charge in [-0.05, 0) is 25.9 Å². The predicted octanol–water partition coefficient (Wildman–Crippen LogP) is -0.272. The van der Waals surface area contributed by atoms with Crippen molar-refractivity contribution < 1.29 is 14.3 Å². The molecule has 1 fully saturated rings. The molecular weight excluding hydrogens is 158 g/mol. The number of carbonyl (C=O) groups is 2. The average Bonchev–Trinajstić information content (AvgIpc) is 2.17. The Bertz CT molecular complexity index is 185. The van der Waals surface area contributed by atoms with E-state index in [0.717, 1.165) is 6.29 Å². The summed E-state index contributed by atoms with van der Waals surface area (Å²) in [7, 11) is 1.32. The first-order valence-corrected chi connectivity index (χ1v) is 4.01. The Morgan fingerprint density at radius 1 is 1.50 bits per heavy atom. The van der Waals surface area contributed by atoms with Crippen LogP contribution in [-0.4, -0.2) is 32.5 Å². The lowest BCUT2D eigenvalue weighted by Gasteiger charge is -2.29. The van der Waals surface area contributed by atoms with Crippen molar-refractivity contribution >= 4 is 12.3 Å². The van der Waals surface area contributed by atoms with Gasteiger partial charge in [0, 0.05) is 0 Å². The second-order valence-electron chi connectivity index (χ2n) is 3.02. The Morgan fingerprint density at radius 3 is 2.50 bits per heavy atom. The summed E-state index contributed by atoms with van der Waals surface area (Å²) >= 11 is 0. The largest absolute Gasteiger partial charge is 0.468 e. The summed E-state index contributed by atoms with van der Waals surface area (Å²) in [4.78, 5) is 22.0. The minimum atomic E-state index is -0.875. The number of ether oxygens (including phenoxy) is 1. The number of esters is 1. The van der Waals surface area contributed by atoms with Crippen molar-refractivity contribution in [3.05, 3.63) is 0 Å². The van der Waals surface area contributed by atoms with Gasteiger partial charge >= 0.3 is 5.97 Å². The number of hydrogen-bond donors (Lipinski definition) is 1. The van der Waals surface area contributed by atoms with E-state index in [-0.39, 0.29) is 0 Å². The van der Waals surface area contributed by atoms with Gasteiger partial charge in [-0.15, -0.1) is 0 Å². The van der Waals surface area contributed by atoms with E-state index in [1.54, 1.807) is 0 Å². The van der Waals surface area contributed by atoms with E-state index >= 15 is 0 Å². The van der Waals surface area contributed by atoms with Crippen LogP contribution in [-0.2, 0) is 14.3 Å². The molecule has 12 heavy (non-hydrogen) atoms. The van der Waals surface area contributed by atoms with E-state index in [1.165, 1.54) is 7.11 Å². The first kappa shape index (κ1) is 9.19. The highest BCUT2D eigenvalue weighted by molar-refractivity contribution is 5.93. The molecule has 68 valence electrons. The van der Waals surface area contributed by atoms with Gasteiger partial charge in [-0.2, -0.15) is 0 Å². The highest BCUT2D eigenvalue weighted by Gasteiger charge is 2.40. The van der Waals surface area contributed by atoms with Crippen molar-refractivity contribution in [2.75, 3.05) is 20.2 Å². The molecule has 1 aliphatic rings. The van der Waals surface area contributed by atoms with Crippen LogP contribution in [0.4, 0.5) is 0 Å². The van der Waals surface area contributed by atoms with Crippen molar-refractivity contribution in [3.8, 4) is 0 Å². The number of methoxy groups -OCH3 is 1. The monoisotopic (exact) mass is 171 g/mol. The van der Waals surface area contributed by atoms with Crippen molar-refractivity contribution in [1.29, 1.82) is 0 Å². The van der Waals surface area contributed by atoms with E-state index in [9.17, 15) is 9.59 Å². The number of rotatable bonds is 2. The second-order valence-corrected chi connectivity index (χ2v) is 3.02. The molecular formula is C8H13NO3. The fourth-order valence-corrected chi connectivity index (χ4v) is 1.45. The summed E-state index contributed by atoms with van der Waals surface area (Å²) < 4.78 is 4.59. The summed E-state index contributed by atoms with van der Waals surface area (Å²) in [5, 5.41) is 3.09. The quantitative estimate of drug-likeness (QED) is 0.353. The molecule has 0 aromatic carbocycles. The zero-order chi connectivity index (χ0) is 9.03. The SMILES string of the molecule is COC(=O)C1(C=O)CCNCC1. The van der Waals surface area contributed by atoms with Gasteiger partial charge in [0.05, 0.1) is 7.11 Å². The van der Waals surface area contributed by atoms with Gasteiger partial charge in [-0.1, -0.05) is 0 Å². The maximum atomic E-state index is 11.2. The van der Waals surface area contributed by atoms with Crippen LogP contribution in [0.2, 0.25) is 0 Å². The van der Waals surface area contributed by atoms with Crippen LogP contribution in [0.25, 0.3) is 0 Å². The molecule has 1 heterocycles. The highest BCUT2D eigenvalue weighted by Crippen LogP contribution is 2.27. The molecule has 4 nitrogen and oxygen atoms in total. The fraction of sp³-hybridized carbons (Fsp3) is 0.750. The van der Waals surface area contributed by atoms with Crippen molar-refractivity contribution in [1.82, 2.24) is 5.32 Å². The Morgan fingerprint density at radius 2 is 2.08 bits per heavy atom. The summed E-state index contributed by atoms with van der Waals surface area (Å²) in [6, 6.07) is 0. The Kier molecular flexibility index (Phi) is 2.81. The molecule has 0 radical (unpaired) electrons. The fourth-order valence-electron chi connectivity index (χ4n) is 1.45. The summed E-state index contributed by atoms with van der Waals surface area (Å²) in [6.45, 7) is 1.40. The first-order chi connectivity index (χ1) is 5.75. The lowest BCUT2D eigenvalue weighted by Crippen LogP contribution is -2.43. The third-order valence-corrected chi connectivity index (χ3v) is 2.31. The molecule has 0 bridgehead atoms. The molecule has 1 rings (SSSR count). The molecule has 0 unspecified atom stereocenters. The van der Waals surface area contributed by atoms with Crippen LogP contribution in [0.15, 0.2) is 0 Å². The summed E-state index contributed by atoms with van der Waals surface area (Å²) in [6.07, 6.45) is 1.81. The molecule has 1 aliphatic heterocycles. The molecule has 0 amide bonds. The second kappa shape index (κ2) is 3.67. The Hall–Kier alpha value is -0.900. The molecule has 0 aromatic rings. The lowest BCUT2D eigenvalue weighted by atomic mass is 9.80. The van der Waals surface area contributed by atoms with Crippen molar-refractivity contribution in [2.24, 2.45) is 5.41 Å². The van der Waals surface area contributed by atoms with Crippen LogP contribution in [0.1, 0.15) is 12.8 Å². The van der Waals surface area contributed by atoms with Crippen LogP contribution < -0.4 is 5.32 Å². The summed E-state index contributed by atoms with van der Waals surface area (Å²) in [5.41, 5.74) is -0.875. The Labute approximate surface area is 71.3 Å². The van der Waals surface area contributed by atoms with Gasteiger partial charge in [-0.25, -0.2) is 0 Å². The predicted molar refractivity (Wildman–Crippen MR) is 42.6 cm³/mol. The number of piperidine rings is 1. The zero-order valence-corrected chi connectivity index (χ0v) is 7.13. The topological polar surface area (TPSA) is 55.4 Å². The summed E-state index contributed by atoms with van der Waals surface area (Å²) in [5.74, 6) is -0.404. The van der Waals surface area contributed by atoms with Gasteiger partial charge in [0.1, 0.15) is 11.7 Å². The van der Waals surface area contributed by atoms with Crippen molar-refractivity contribution in [2.45, 2.75) is 12.8 Å². The molecule has 0 aliphatic carbocycles. The van der Waals surface area contributed by atoms with Crippen molar-refractivity contribution in [3.63, 3.8) is 0 Å². The zero-order valence-electron chi connectivity index (χ0n) is 7.13. The van der Waals surface area contributed by atoms with E-state index in [2.05, 4.69) is 10.1 Å². The molecule has 0 saturated carbocycles. The van der Waals surface area contributed by atoms with Gasteiger partial charge < -0.3 is 14.8 Å². The third kappa shape index (κ3) is 1.48. The standard InChI is InChI=1S/C8H13NO3/c1-12-7(11)8(6-10)2-4-9-5-3-8/h6,9H,2-5H2,1H3. The van der Waals surface area contributed by atoms with E-state index in [1.807, 2.05) is 0 Å². The van der Waals surface area contributed by atoms with Gasteiger partial charge in [-0.3, -0.25) is 4.79 Å². The van der Waals surface area contributed by atoms with Gasteiger partial charge in [0.25, 0.3) is 0 Å². The van der Waals surface area contributed by atoms with E-state index < -0.39 is 11.4 Å². The van der Waals surface area contributed by atoms with Gasteiger partial charge in [0.2, 0.25) is 0 Å². The minimum absolute atomic E-state index is 0.404. The lowest BCUT2D eigenvalue weighted by molar-refractivity contribution is -0.156. The van der Waals surface area contributed by atoms with E-state index in [0.29, 0.717) is 25.9 Å². The maximum absolute atomic E-state index is 11.2. The minimum Gasteiger partial charge on any atom is -0.468 e. The Balaban J connectivity index is 2.72. The maximum Gasteiger partial charge on any atom is 0.319 e. The van der Waals surface area contributed by atoms with Crippen LogP contribution in [0, 0.1) is 5.41 Å². The molecule has 1 N–H and O–H groups in total. The van der Waals surface area contributed by atoms with Crippen LogP contribution >= 0.6 is 0 Å². The molecule has 4 heteroatoms. The van der Waals surface area contributed by atoms with Gasteiger partial charge in [0.15, 0.2) is 0 Å². The number of aldehydes is 1. The number of hydrogen-bond acceptors (Lipinski definition) is 4. The molecule has 1 saturated heterocycles. The molecule has 0 spiro atoms. The average molecular weight is 171 g/mol. The van der Waals surface area contributed by atoms with Crippen LogP contribution in [0.3, 0.4) is 0 Å². The molecule has 0 atom stereocenters. The third-order valence-electron chi connectivity index (χ3n) is 2.31. The number of nitrogens with one attached hydrogen (secondary N) is 1. The number of carbonyl (C=O) groups excluding carboxylic acids is 2.